The minimum Gasteiger partial charge on any atom is -0.258 e. The Morgan fingerprint density at radius 1 is 0.946 bits per heavy atom. The van der Waals surface area contributed by atoms with E-state index in [1.165, 1.54) is 23.9 Å². The molecule has 0 saturated carbocycles. The molecule has 2 aromatic heterocycles. The second kappa shape index (κ2) is 10.1. The number of non-ortho nitro benzene ring substituents is 1. The number of hydrogen-bond acceptors (Lipinski definition) is 7. The highest BCUT2D eigenvalue weighted by molar-refractivity contribution is 7.99. The summed E-state index contributed by atoms with van der Waals surface area (Å²) in [6, 6.07) is 26.1. The van der Waals surface area contributed by atoms with Crippen LogP contribution in [0.2, 0.25) is 0 Å². The van der Waals surface area contributed by atoms with Crippen LogP contribution in [0.25, 0.3) is 16.9 Å². The second-order valence-corrected chi connectivity index (χ2v) is 11.1. The number of rotatable bonds is 8. The quantitative estimate of drug-likeness (QED) is 0.215. The molecule has 0 unspecified atom stereocenters. The third-order valence-electron chi connectivity index (χ3n) is 5.62. The maximum Gasteiger partial charge on any atom is 0.269 e. The number of nitro groups is 1. The molecule has 0 amide bonds. The fourth-order valence-electron chi connectivity index (χ4n) is 3.72. The molecule has 2 heterocycles. The first-order valence-electron chi connectivity index (χ1n) is 11.2. The third-order valence-corrected chi connectivity index (χ3v) is 7.98. The van der Waals surface area contributed by atoms with Crippen molar-refractivity contribution in [2.45, 2.75) is 28.3 Å². The van der Waals surface area contributed by atoms with E-state index in [9.17, 15) is 18.5 Å². The monoisotopic (exact) mass is 531 g/mol. The number of benzene rings is 3. The van der Waals surface area contributed by atoms with Crippen LogP contribution in [-0.2, 0) is 16.6 Å². The summed E-state index contributed by atoms with van der Waals surface area (Å²) < 4.78 is 30.3. The van der Waals surface area contributed by atoms with Crippen LogP contribution in [0.3, 0.4) is 0 Å². The van der Waals surface area contributed by atoms with Crippen LogP contribution in [0.5, 0.6) is 0 Å². The van der Waals surface area contributed by atoms with Crippen LogP contribution in [-0.4, -0.2) is 27.9 Å². The topological polar surface area (TPSA) is 120 Å². The second-order valence-electron chi connectivity index (χ2n) is 8.21. The Morgan fingerprint density at radius 2 is 1.65 bits per heavy atom. The molecule has 0 aliphatic rings. The van der Waals surface area contributed by atoms with Crippen LogP contribution in [0.4, 0.5) is 5.69 Å². The summed E-state index contributed by atoms with van der Waals surface area (Å²) in [5, 5.41) is 16.4. The van der Waals surface area contributed by atoms with Crippen molar-refractivity contribution in [3.05, 3.63) is 112 Å². The lowest BCUT2D eigenvalue weighted by Gasteiger charge is -2.09. The molecular formula is C26H21N5O4S2. The van der Waals surface area contributed by atoms with E-state index in [0.29, 0.717) is 17.0 Å². The number of nitrogens with one attached hydrogen (secondary N) is 1. The van der Waals surface area contributed by atoms with Crippen molar-refractivity contribution in [3.63, 3.8) is 0 Å². The fourth-order valence-corrected chi connectivity index (χ4v) is 5.50. The number of aromatic nitrogens is 3. The lowest BCUT2D eigenvalue weighted by molar-refractivity contribution is -0.384. The van der Waals surface area contributed by atoms with E-state index < -0.39 is 14.9 Å². The summed E-state index contributed by atoms with van der Waals surface area (Å²) in [5.74, 6) is 0. The van der Waals surface area contributed by atoms with Crippen molar-refractivity contribution < 1.29 is 13.3 Å². The van der Waals surface area contributed by atoms with Crippen molar-refractivity contribution in [2.75, 3.05) is 0 Å². The maximum atomic E-state index is 13.0. The maximum absolute atomic E-state index is 13.0. The summed E-state index contributed by atoms with van der Waals surface area (Å²) in [6.45, 7) is 1.90. The molecule has 0 spiro atoms. The Kier molecular flexibility index (Phi) is 6.74. The molecule has 5 aromatic rings. The first-order valence-corrected chi connectivity index (χ1v) is 13.5. The molecule has 0 aliphatic carbocycles. The molecule has 0 atom stereocenters. The van der Waals surface area contributed by atoms with Crippen LogP contribution >= 0.6 is 11.8 Å². The molecule has 0 radical (unpaired) electrons. The van der Waals surface area contributed by atoms with Gasteiger partial charge in [0.25, 0.3) is 5.69 Å². The fraction of sp³-hybridized carbons (Fsp3) is 0.0769. The molecular weight excluding hydrogens is 510 g/mol. The Morgan fingerprint density at radius 3 is 2.32 bits per heavy atom. The van der Waals surface area contributed by atoms with Gasteiger partial charge in [0.2, 0.25) is 10.0 Å². The van der Waals surface area contributed by atoms with Gasteiger partial charge in [0.1, 0.15) is 5.03 Å². The highest BCUT2D eigenvalue weighted by Crippen LogP contribution is 2.29. The van der Waals surface area contributed by atoms with Gasteiger partial charge in [0, 0.05) is 22.6 Å². The third kappa shape index (κ3) is 5.38. The zero-order chi connectivity index (χ0) is 26.0. The highest BCUT2D eigenvalue weighted by atomic mass is 32.2. The van der Waals surface area contributed by atoms with E-state index in [2.05, 4.69) is 4.72 Å². The normalized spacial score (nSPS) is 11.6. The molecule has 37 heavy (non-hydrogen) atoms. The molecule has 0 aliphatic heterocycles. The predicted molar refractivity (Wildman–Crippen MR) is 141 cm³/mol. The molecule has 1 N–H and O–H groups in total. The lowest BCUT2D eigenvalue weighted by atomic mass is 10.1. The standard InChI is InChI=1S/C26H21N5O4S2/c1-18-7-9-19(10-8-18)26-23(17-27-37(34,35)22-13-11-20(12-14-22)31(32)33)30-24(28-26)15-16-25(29-30)36-21-5-3-2-4-6-21/h2-16,27H,17H2,1H3. The number of nitro benzene ring substituents is 1. The summed E-state index contributed by atoms with van der Waals surface area (Å²) in [6.07, 6.45) is 0. The van der Waals surface area contributed by atoms with Crippen LogP contribution in [0, 0.1) is 17.0 Å². The molecule has 11 heteroatoms. The van der Waals surface area contributed by atoms with Crippen molar-refractivity contribution in [3.8, 4) is 11.3 Å². The van der Waals surface area contributed by atoms with E-state index in [-0.39, 0.29) is 17.1 Å². The first kappa shape index (κ1) is 24.6. The van der Waals surface area contributed by atoms with Gasteiger partial charge in [0.15, 0.2) is 5.65 Å². The van der Waals surface area contributed by atoms with Crippen LogP contribution in [0.15, 0.2) is 106 Å². The first-order chi connectivity index (χ1) is 17.8. The molecule has 186 valence electrons. The van der Waals surface area contributed by atoms with Gasteiger partial charge in [-0.25, -0.2) is 22.6 Å². The van der Waals surface area contributed by atoms with E-state index in [4.69, 9.17) is 10.1 Å². The van der Waals surface area contributed by atoms with E-state index in [1.807, 2.05) is 73.7 Å². The van der Waals surface area contributed by atoms with Crippen LogP contribution < -0.4 is 4.72 Å². The van der Waals surface area contributed by atoms with Crippen molar-refractivity contribution in [2.24, 2.45) is 0 Å². The van der Waals surface area contributed by atoms with Gasteiger partial charge in [-0.05, 0) is 43.3 Å². The van der Waals surface area contributed by atoms with Crippen molar-refractivity contribution in [1.82, 2.24) is 19.3 Å². The van der Waals surface area contributed by atoms with Crippen molar-refractivity contribution >= 4 is 33.1 Å². The Bertz CT molecular complexity index is 1690. The Balaban J connectivity index is 1.52. The van der Waals surface area contributed by atoms with E-state index in [1.54, 1.807) is 4.52 Å². The molecule has 0 saturated heterocycles. The zero-order valence-electron chi connectivity index (χ0n) is 19.6. The predicted octanol–water partition coefficient (Wildman–Crippen LogP) is 5.24. The van der Waals surface area contributed by atoms with Gasteiger partial charge in [-0.2, -0.15) is 5.10 Å². The summed E-state index contributed by atoms with van der Waals surface area (Å²) in [7, 11) is -3.96. The Hall–Kier alpha value is -4.06. The highest BCUT2D eigenvalue weighted by Gasteiger charge is 2.21. The van der Waals surface area contributed by atoms with Crippen molar-refractivity contribution in [1.29, 1.82) is 0 Å². The van der Waals surface area contributed by atoms with Gasteiger partial charge in [-0.3, -0.25) is 10.1 Å². The molecule has 0 fully saturated rings. The number of aryl methyl sites for hydroxylation is 1. The van der Waals surface area contributed by atoms with E-state index >= 15 is 0 Å². The molecule has 5 rings (SSSR count). The molecule has 3 aromatic carbocycles. The zero-order valence-corrected chi connectivity index (χ0v) is 21.2. The average molecular weight is 532 g/mol. The number of hydrogen-bond donors (Lipinski definition) is 1. The lowest BCUT2D eigenvalue weighted by Crippen LogP contribution is -2.24. The summed E-state index contributed by atoms with van der Waals surface area (Å²) >= 11 is 1.49. The van der Waals surface area contributed by atoms with E-state index in [0.717, 1.165) is 33.2 Å². The average Bonchev–Trinajstić information content (AvgIpc) is 3.26. The SMILES string of the molecule is Cc1ccc(-c2nc3ccc(Sc4ccccc4)nn3c2CNS(=O)(=O)c2ccc([N+](=O)[O-])cc2)cc1. The number of fused-ring (bicyclic) bond motifs is 1. The molecule has 9 nitrogen and oxygen atoms in total. The smallest absolute Gasteiger partial charge is 0.258 e. The van der Waals surface area contributed by atoms with Gasteiger partial charge in [0.05, 0.1) is 27.8 Å². The van der Waals surface area contributed by atoms with Gasteiger partial charge in [-0.1, -0.05) is 59.8 Å². The van der Waals surface area contributed by atoms with Crippen LogP contribution in [0.1, 0.15) is 11.3 Å². The summed E-state index contributed by atoms with van der Waals surface area (Å²) in [4.78, 5) is 16.0. The number of sulfonamides is 1. The minimum absolute atomic E-state index is 0.0721. The Labute approximate surface area is 217 Å². The van der Waals surface area contributed by atoms with Gasteiger partial charge >= 0.3 is 0 Å². The minimum atomic E-state index is -3.96. The number of imidazole rings is 1. The number of nitrogens with zero attached hydrogens (tertiary/aromatic N) is 4. The largest absolute Gasteiger partial charge is 0.269 e. The molecule has 0 bridgehead atoms. The summed E-state index contributed by atoms with van der Waals surface area (Å²) in [5.41, 5.74) is 3.50. The van der Waals surface area contributed by atoms with Gasteiger partial charge in [-0.15, -0.1) is 0 Å². The van der Waals surface area contributed by atoms with Gasteiger partial charge < -0.3 is 0 Å².